The first-order valence-electron chi connectivity index (χ1n) is 15.2. The second kappa shape index (κ2) is 12.9. The van der Waals surface area contributed by atoms with Gasteiger partial charge in [-0.25, -0.2) is 4.98 Å². The number of carbonyl (C=O) groups excluding carboxylic acids is 2. The molecule has 5 aromatic rings. The number of aromatic nitrogens is 3. The van der Waals surface area contributed by atoms with Crippen molar-refractivity contribution in [1.82, 2.24) is 19.3 Å². The van der Waals surface area contributed by atoms with Gasteiger partial charge in [-0.2, -0.15) is 5.26 Å². The molecule has 0 aliphatic heterocycles. The van der Waals surface area contributed by atoms with Gasteiger partial charge < -0.3 is 24.3 Å². The van der Waals surface area contributed by atoms with Crippen molar-refractivity contribution in [2.24, 2.45) is 7.05 Å². The molecule has 3 aromatic heterocycles. The number of hydrogen-bond donors (Lipinski definition) is 2. The summed E-state index contributed by atoms with van der Waals surface area (Å²) in [5.74, 6) is -0.552. The molecule has 0 atom stereocenters. The van der Waals surface area contributed by atoms with Crippen LogP contribution in [0.3, 0.4) is 0 Å². The molecule has 0 radical (unpaired) electrons. The number of imidazole rings is 1. The van der Waals surface area contributed by atoms with E-state index in [1.807, 2.05) is 40.4 Å². The highest BCUT2D eigenvalue weighted by molar-refractivity contribution is 6.10. The molecule has 9 nitrogen and oxygen atoms in total. The Hall–Kier alpha value is -5.04. The molecule has 6 rings (SSSR count). The Kier molecular flexibility index (Phi) is 8.60. The van der Waals surface area contributed by atoms with Crippen molar-refractivity contribution in [2.45, 2.75) is 44.8 Å². The molecule has 0 saturated heterocycles. The van der Waals surface area contributed by atoms with E-state index >= 15 is 0 Å². The Bertz CT molecular complexity index is 1970. The molecule has 2 N–H and O–H groups in total. The zero-order valence-corrected chi connectivity index (χ0v) is 25.7. The van der Waals surface area contributed by atoms with Crippen molar-refractivity contribution in [1.29, 1.82) is 5.26 Å². The maximum atomic E-state index is 13.7. The summed E-state index contributed by atoms with van der Waals surface area (Å²) in [5, 5.41) is 16.1. The van der Waals surface area contributed by atoms with Crippen molar-refractivity contribution < 1.29 is 14.3 Å². The lowest BCUT2D eigenvalue weighted by Crippen LogP contribution is -2.35. The molecular formula is C36H36N6O3. The van der Waals surface area contributed by atoms with Gasteiger partial charge in [-0.1, -0.05) is 12.1 Å². The van der Waals surface area contributed by atoms with Crippen LogP contribution in [0.5, 0.6) is 0 Å². The molecule has 1 fully saturated rings. The quantitative estimate of drug-likeness (QED) is 0.160. The van der Waals surface area contributed by atoms with Crippen molar-refractivity contribution in [3.05, 3.63) is 102 Å². The number of amides is 1. The van der Waals surface area contributed by atoms with Crippen LogP contribution in [-0.2, 0) is 16.6 Å². The van der Waals surface area contributed by atoms with Gasteiger partial charge in [0.15, 0.2) is 0 Å². The minimum absolute atomic E-state index is 0.219. The lowest BCUT2D eigenvalue weighted by molar-refractivity contribution is -0.111. The number of benzene rings is 2. The normalized spacial score (nSPS) is 16.8. The summed E-state index contributed by atoms with van der Waals surface area (Å²) in [6.07, 6.45) is 11.5. The molecule has 1 aliphatic rings. The van der Waals surface area contributed by atoms with Crippen LogP contribution in [0.1, 0.15) is 52.9 Å². The van der Waals surface area contributed by atoms with Gasteiger partial charge in [-0.3, -0.25) is 9.59 Å². The number of ketones is 1. The van der Waals surface area contributed by atoms with Gasteiger partial charge in [0.2, 0.25) is 11.7 Å². The fourth-order valence-corrected chi connectivity index (χ4v) is 6.23. The van der Waals surface area contributed by atoms with Crippen molar-refractivity contribution >= 4 is 33.9 Å². The number of hydrogen-bond acceptors (Lipinski definition) is 6. The van der Waals surface area contributed by atoms with Crippen LogP contribution in [-0.4, -0.2) is 51.4 Å². The second-order valence-corrected chi connectivity index (χ2v) is 11.6. The Morgan fingerprint density at radius 3 is 2.67 bits per heavy atom. The van der Waals surface area contributed by atoms with Gasteiger partial charge in [0.05, 0.1) is 45.9 Å². The smallest absolute Gasteiger partial charge is 0.248 e. The summed E-state index contributed by atoms with van der Waals surface area (Å²) >= 11 is 0. The molecule has 0 spiro atoms. The summed E-state index contributed by atoms with van der Waals surface area (Å²) < 4.78 is 9.30. The van der Waals surface area contributed by atoms with Crippen LogP contribution in [0, 0.1) is 18.3 Å². The third-order valence-corrected chi connectivity index (χ3v) is 8.75. The number of rotatable bonds is 9. The molecule has 228 valence electrons. The first-order chi connectivity index (χ1) is 21.9. The number of aryl methyl sites for hydroxylation is 2. The molecule has 0 unspecified atom stereocenters. The third-order valence-electron chi connectivity index (χ3n) is 8.75. The lowest BCUT2D eigenvalue weighted by Gasteiger charge is -2.27. The lowest BCUT2D eigenvalue weighted by atomic mass is 9.93. The molecule has 1 amide bonds. The van der Waals surface area contributed by atoms with Crippen molar-refractivity contribution in [2.75, 3.05) is 19.0 Å². The standard InChI is InChI=1S/C36H36N6O3/c1-23-18-34-31(39-22-41(34)2)20-29(23)28-6-5-17-42-32(28)14-15-33(42)36(44)24-8-13-30(25(19-24)21-37)40-35(43)7-4-16-38-26-9-11-27(45-3)12-10-26/h4-8,13-15,17-20,22,26-27,38H,9-12,16H2,1-3H3,(H,40,43)/b7-4+/t26-,27-. The summed E-state index contributed by atoms with van der Waals surface area (Å²) in [6, 6.07) is 19.2. The minimum Gasteiger partial charge on any atom is -0.381 e. The highest BCUT2D eigenvalue weighted by atomic mass is 16.5. The van der Waals surface area contributed by atoms with E-state index in [1.54, 1.807) is 37.7 Å². The maximum Gasteiger partial charge on any atom is 0.248 e. The van der Waals surface area contributed by atoms with E-state index in [9.17, 15) is 14.9 Å². The fraction of sp³-hybridized carbons (Fsp3) is 0.278. The summed E-state index contributed by atoms with van der Waals surface area (Å²) in [7, 11) is 3.74. The molecular weight excluding hydrogens is 564 g/mol. The van der Waals surface area contributed by atoms with Crippen LogP contribution < -0.4 is 10.6 Å². The molecule has 45 heavy (non-hydrogen) atoms. The highest BCUT2D eigenvalue weighted by Crippen LogP contribution is 2.32. The van der Waals surface area contributed by atoms with Crippen LogP contribution >= 0.6 is 0 Å². The number of nitrogens with zero attached hydrogens (tertiary/aromatic N) is 4. The van der Waals surface area contributed by atoms with Crippen LogP contribution in [0.2, 0.25) is 0 Å². The van der Waals surface area contributed by atoms with E-state index in [1.165, 1.54) is 12.1 Å². The van der Waals surface area contributed by atoms with E-state index in [0.29, 0.717) is 35.6 Å². The van der Waals surface area contributed by atoms with E-state index < -0.39 is 0 Å². The van der Waals surface area contributed by atoms with E-state index in [4.69, 9.17) is 4.74 Å². The Morgan fingerprint density at radius 1 is 1.07 bits per heavy atom. The summed E-state index contributed by atoms with van der Waals surface area (Å²) in [4.78, 5) is 30.8. The molecule has 2 aromatic carbocycles. The van der Waals surface area contributed by atoms with Gasteiger partial charge >= 0.3 is 0 Å². The fourth-order valence-electron chi connectivity index (χ4n) is 6.23. The number of nitrogens with one attached hydrogen (secondary N) is 2. The van der Waals surface area contributed by atoms with Gasteiger partial charge in [-0.15, -0.1) is 0 Å². The van der Waals surface area contributed by atoms with E-state index in [0.717, 1.165) is 58.9 Å². The van der Waals surface area contributed by atoms with Crippen LogP contribution in [0.25, 0.3) is 27.7 Å². The monoisotopic (exact) mass is 600 g/mol. The molecule has 1 saturated carbocycles. The van der Waals surface area contributed by atoms with Gasteiger partial charge in [0.25, 0.3) is 0 Å². The maximum absolute atomic E-state index is 13.7. The largest absolute Gasteiger partial charge is 0.381 e. The zero-order valence-electron chi connectivity index (χ0n) is 25.7. The molecule has 3 heterocycles. The molecule has 0 bridgehead atoms. The predicted octanol–water partition coefficient (Wildman–Crippen LogP) is 5.95. The number of anilines is 1. The van der Waals surface area contributed by atoms with Gasteiger partial charge in [-0.05, 0) is 92.3 Å². The van der Waals surface area contributed by atoms with Crippen LogP contribution in [0.15, 0.2) is 79.3 Å². The van der Waals surface area contributed by atoms with Crippen LogP contribution in [0.4, 0.5) is 5.69 Å². The number of methoxy groups -OCH3 is 1. The summed E-state index contributed by atoms with van der Waals surface area (Å²) in [5.41, 5.74) is 7.45. The minimum atomic E-state index is -0.334. The number of pyridine rings is 1. The van der Waals surface area contributed by atoms with E-state index in [2.05, 4.69) is 40.7 Å². The van der Waals surface area contributed by atoms with Gasteiger partial charge in [0, 0.05) is 50.1 Å². The Labute approximate surface area is 262 Å². The second-order valence-electron chi connectivity index (χ2n) is 11.6. The Morgan fingerprint density at radius 2 is 1.89 bits per heavy atom. The SMILES string of the molecule is CO[C@H]1CC[C@H](NC/C=C/C(=O)Nc2ccc(C(=O)c3ccc4c(-c5cc6ncn(C)c6cc5C)cccn34)cc2C#N)CC1. The average molecular weight is 601 g/mol. The average Bonchev–Trinajstić information content (AvgIpc) is 3.66. The number of carbonyl (C=O) groups is 2. The number of ether oxygens (including phenoxy) is 1. The third kappa shape index (κ3) is 6.16. The molecule has 1 aliphatic carbocycles. The topological polar surface area (TPSA) is 113 Å². The Balaban J connectivity index is 1.16. The first kappa shape index (κ1) is 30.0. The van der Waals surface area contributed by atoms with Crippen molar-refractivity contribution in [3.8, 4) is 17.2 Å². The zero-order chi connectivity index (χ0) is 31.5. The molecule has 9 heteroatoms. The van der Waals surface area contributed by atoms with Crippen molar-refractivity contribution in [3.63, 3.8) is 0 Å². The number of nitriles is 1. The summed E-state index contributed by atoms with van der Waals surface area (Å²) in [6.45, 7) is 2.66. The predicted molar refractivity (Wildman–Crippen MR) is 175 cm³/mol. The highest BCUT2D eigenvalue weighted by Gasteiger charge is 2.20. The number of fused-ring (bicyclic) bond motifs is 2. The van der Waals surface area contributed by atoms with E-state index in [-0.39, 0.29) is 17.3 Å². The van der Waals surface area contributed by atoms with Gasteiger partial charge in [0.1, 0.15) is 6.07 Å². The first-order valence-corrected chi connectivity index (χ1v) is 15.2.